The number of rotatable bonds is 7. The van der Waals surface area contributed by atoms with Crippen LogP contribution in [0.2, 0.25) is 0 Å². The fourth-order valence-corrected chi connectivity index (χ4v) is 1.89. The molecular formula is C17H20F3N3O. The summed E-state index contributed by atoms with van der Waals surface area (Å²) in [6.07, 6.45) is -1.48. The highest BCUT2D eigenvalue weighted by atomic mass is 19.4. The molecule has 1 amide bonds. The number of alkyl halides is 3. The third kappa shape index (κ3) is 5.92. The van der Waals surface area contributed by atoms with Gasteiger partial charge < -0.3 is 16.4 Å². The molecular weight excluding hydrogens is 319 g/mol. The Morgan fingerprint density at radius 1 is 1.38 bits per heavy atom. The van der Waals surface area contributed by atoms with Crippen LogP contribution in [0.5, 0.6) is 0 Å². The van der Waals surface area contributed by atoms with Crippen molar-refractivity contribution in [2.24, 2.45) is 5.73 Å². The van der Waals surface area contributed by atoms with Crippen molar-refractivity contribution in [2.75, 3.05) is 5.32 Å². The predicted molar refractivity (Wildman–Crippen MR) is 88.8 cm³/mol. The van der Waals surface area contributed by atoms with Gasteiger partial charge in [0, 0.05) is 12.2 Å². The number of allylic oxidation sites excluding steroid dienone is 3. The number of benzene rings is 1. The monoisotopic (exact) mass is 339 g/mol. The summed E-state index contributed by atoms with van der Waals surface area (Å²) in [6.45, 7) is 5.20. The van der Waals surface area contributed by atoms with Crippen LogP contribution in [0, 0.1) is 0 Å². The molecule has 0 saturated heterocycles. The van der Waals surface area contributed by atoms with E-state index in [-0.39, 0.29) is 18.7 Å². The van der Waals surface area contributed by atoms with Crippen molar-refractivity contribution in [1.82, 2.24) is 5.32 Å². The number of nitrogens with one attached hydrogen (secondary N) is 2. The van der Waals surface area contributed by atoms with Gasteiger partial charge in [0.1, 0.15) is 5.70 Å². The van der Waals surface area contributed by atoms with Gasteiger partial charge in [-0.1, -0.05) is 31.7 Å². The lowest BCUT2D eigenvalue weighted by atomic mass is 10.1. The van der Waals surface area contributed by atoms with Crippen molar-refractivity contribution in [3.05, 3.63) is 66.0 Å². The Balaban J connectivity index is 3.24. The van der Waals surface area contributed by atoms with Crippen molar-refractivity contribution < 1.29 is 18.0 Å². The molecule has 0 spiro atoms. The number of hydrogen-bond donors (Lipinski definition) is 3. The fraction of sp³-hybridized carbons (Fsp3) is 0.235. The molecule has 1 rings (SSSR count). The first-order chi connectivity index (χ1) is 11.3. The first-order valence-corrected chi connectivity index (χ1v) is 7.28. The first kappa shape index (κ1) is 19.5. The predicted octanol–water partition coefficient (Wildman–Crippen LogP) is 3.60. The van der Waals surface area contributed by atoms with Crippen LogP contribution in [0.1, 0.15) is 18.9 Å². The highest BCUT2D eigenvalue weighted by Crippen LogP contribution is 2.28. The number of halogens is 3. The third-order valence-electron chi connectivity index (χ3n) is 2.97. The van der Waals surface area contributed by atoms with E-state index in [2.05, 4.69) is 17.2 Å². The number of carbonyl (C=O) groups excluding carboxylic acids is 1. The van der Waals surface area contributed by atoms with Gasteiger partial charge in [-0.15, -0.1) is 0 Å². The quantitative estimate of drug-likeness (QED) is 0.525. The van der Waals surface area contributed by atoms with Gasteiger partial charge in [0.05, 0.1) is 5.57 Å². The van der Waals surface area contributed by atoms with Crippen molar-refractivity contribution >= 4 is 11.6 Å². The zero-order valence-electron chi connectivity index (χ0n) is 13.3. The van der Waals surface area contributed by atoms with Crippen molar-refractivity contribution in [2.45, 2.75) is 26.1 Å². The first-order valence-electron chi connectivity index (χ1n) is 7.28. The second-order valence-corrected chi connectivity index (χ2v) is 4.83. The van der Waals surface area contributed by atoms with E-state index >= 15 is 0 Å². The van der Waals surface area contributed by atoms with Crippen LogP contribution in [0.4, 0.5) is 18.9 Å². The van der Waals surface area contributed by atoms with Crippen LogP contribution in [-0.2, 0) is 11.3 Å². The molecule has 4 N–H and O–H groups in total. The summed E-state index contributed by atoms with van der Waals surface area (Å²) in [5.41, 5.74) is 5.63. The number of carbonyl (C=O) groups is 1. The molecule has 0 aliphatic heterocycles. The van der Waals surface area contributed by atoms with Gasteiger partial charge in [-0.3, -0.25) is 4.79 Å². The summed E-state index contributed by atoms with van der Waals surface area (Å²) in [7, 11) is 0. The summed E-state index contributed by atoms with van der Waals surface area (Å²) in [5.74, 6) is -0.727. The lowest BCUT2D eigenvalue weighted by molar-refractivity contribution is -0.116. The Labute approximate surface area is 138 Å². The zero-order chi connectivity index (χ0) is 18.2. The van der Waals surface area contributed by atoms with E-state index in [1.807, 2.05) is 0 Å². The van der Waals surface area contributed by atoms with Gasteiger partial charge in [0.2, 0.25) is 0 Å². The summed E-state index contributed by atoms with van der Waals surface area (Å²) >= 11 is 0. The Morgan fingerprint density at radius 2 is 2.08 bits per heavy atom. The highest BCUT2D eigenvalue weighted by molar-refractivity contribution is 5.97. The molecule has 0 aliphatic rings. The summed E-state index contributed by atoms with van der Waals surface area (Å²) in [4.78, 5) is 12.0. The second kappa shape index (κ2) is 8.93. The molecule has 0 fully saturated rings. The largest absolute Gasteiger partial charge is 0.416 e. The zero-order valence-corrected chi connectivity index (χ0v) is 13.3. The SMILES string of the molecule is C=CNC(=O)/C(=C/C(=C/CC)C(F)(F)F)Nc1cccc(CN)c1. The maximum absolute atomic E-state index is 13.1. The maximum Gasteiger partial charge on any atom is 0.416 e. The molecule has 4 nitrogen and oxygen atoms in total. The molecule has 0 atom stereocenters. The van der Waals surface area contributed by atoms with E-state index in [4.69, 9.17) is 5.73 Å². The molecule has 24 heavy (non-hydrogen) atoms. The summed E-state index contributed by atoms with van der Waals surface area (Å²) < 4.78 is 39.2. The Bertz CT molecular complexity index is 649. The van der Waals surface area contributed by atoms with E-state index in [1.165, 1.54) is 0 Å². The van der Waals surface area contributed by atoms with Crippen molar-refractivity contribution in [1.29, 1.82) is 0 Å². The van der Waals surface area contributed by atoms with Crippen LogP contribution < -0.4 is 16.4 Å². The lowest BCUT2D eigenvalue weighted by Crippen LogP contribution is -2.25. The maximum atomic E-state index is 13.1. The standard InChI is InChI=1S/C17H20F3N3O/c1-3-6-13(17(18,19)20)10-15(16(24)22-4-2)23-14-8-5-7-12(9-14)11-21/h4-10,23H,2-3,11,21H2,1H3,(H,22,24)/b13-6-,15-10-. The summed E-state index contributed by atoms with van der Waals surface area (Å²) in [5, 5.41) is 4.97. The van der Waals surface area contributed by atoms with E-state index in [9.17, 15) is 18.0 Å². The number of anilines is 1. The van der Waals surface area contributed by atoms with E-state index in [0.29, 0.717) is 5.69 Å². The van der Waals surface area contributed by atoms with Crippen LogP contribution in [0.3, 0.4) is 0 Å². The van der Waals surface area contributed by atoms with Gasteiger partial charge in [0.25, 0.3) is 5.91 Å². The van der Waals surface area contributed by atoms with E-state index < -0.39 is 17.7 Å². The molecule has 1 aromatic carbocycles. The van der Waals surface area contributed by atoms with Gasteiger partial charge in [0.15, 0.2) is 0 Å². The molecule has 0 bridgehead atoms. The molecule has 1 aromatic rings. The highest BCUT2D eigenvalue weighted by Gasteiger charge is 2.32. The molecule has 0 radical (unpaired) electrons. The van der Waals surface area contributed by atoms with E-state index in [0.717, 1.165) is 23.9 Å². The topological polar surface area (TPSA) is 67.2 Å². The minimum absolute atomic E-state index is 0.185. The molecule has 130 valence electrons. The van der Waals surface area contributed by atoms with Crippen molar-refractivity contribution in [3.63, 3.8) is 0 Å². The minimum atomic E-state index is -4.56. The molecule has 0 heterocycles. The van der Waals surface area contributed by atoms with Crippen LogP contribution in [0.15, 0.2) is 60.5 Å². The average Bonchev–Trinajstić information content (AvgIpc) is 2.53. The van der Waals surface area contributed by atoms with Gasteiger partial charge in [-0.2, -0.15) is 13.2 Å². The smallest absolute Gasteiger partial charge is 0.351 e. The van der Waals surface area contributed by atoms with Gasteiger partial charge in [-0.05, 0) is 36.4 Å². The number of hydrogen-bond acceptors (Lipinski definition) is 3. The molecule has 7 heteroatoms. The number of amides is 1. The molecule has 0 aromatic heterocycles. The second-order valence-electron chi connectivity index (χ2n) is 4.83. The normalized spacial score (nSPS) is 12.7. The van der Waals surface area contributed by atoms with Gasteiger partial charge in [-0.25, -0.2) is 0 Å². The number of nitrogens with two attached hydrogens (primary N) is 1. The van der Waals surface area contributed by atoms with Crippen LogP contribution in [0.25, 0.3) is 0 Å². The van der Waals surface area contributed by atoms with Crippen molar-refractivity contribution in [3.8, 4) is 0 Å². The fourth-order valence-electron chi connectivity index (χ4n) is 1.89. The lowest BCUT2D eigenvalue weighted by Gasteiger charge is -2.14. The van der Waals surface area contributed by atoms with Gasteiger partial charge >= 0.3 is 6.18 Å². The molecule has 0 aliphatic carbocycles. The third-order valence-corrected chi connectivity index (χ3v) is 2.97. The minimum Gasteiger partial charge on any atom is -0.351 e. The summed E-state index contributed by atoms with van der Waals surface area (Å²) in [6, 6.07) is 6.76. The Morgan fingerprint density at radius 3 is 2.62 bits per heavy atom. The Hall–Kier alpha value is -2.54. The Kier molecular flexibility index (Phi) is 7.26. The van der Waals surface area contributed by atoms with Crippen LogP contribution in [-0.4, -0.2) is 12.1 Å². The van der Waals surface area contributed by atoms with E-state index in [1.54, 1.807) is 31.2 Å². The van der Waals surface area contributed by atoms with Crippen LogP contribution >= 0.6 is 0 Å². The average molecular weight is 339 g/mol. The molecule has 0 saturated carbocycles. The molecule has 0 unspecified atom stereocenters.